The van der Waals surface area contributed by atoms with Gasteiger partial charge in [-0.3, -0.25) is 14.5 Å². The molecule has 0 saturated carbocycles. The zero-order chi connectivity index (χ0) is 18.2. The third-order valence-electron chi connectivity index (χ3n) is 3.07. The number of β-amino-alcohol motifs (C(OH)–C–C–N with tert-alkyl or cyclic N) is 1. The first kappa shape index (κ1) is 17.4. The minimum absolute atomic E-state index is 0.398. The normalized spacial score (nSPS) is 14.2. The summed E-state index contributed by atoms with van der Waals surface area (Å²) in [6.45, 7) is -0.969. The largest absolute Gasteiger partial charge is 0.477 e. The molecule has 24 heavy (non-hydrogen) atoms. The van der Waals surface area contributed by atoms with Gasteiger partial charge < -0.3 is 15.5 Å². The number of aliphatic hydroxyl groups is 1. The highest BCUT2D eigenvalue weighted by molar-refractivity contribution is 6.17. The summed E-state index contributed by atoms with van der Waals surface area (Å²) < 4.78 is 54.8. The molecule has 1 aromatic carbocycles. The molecular weight excluding hydrogens is 340 g/mol. The molecule has 0 unspecified atom stereocenters. The van der Waals surface area contributed by atoms with E-state index in [1.807, 2.05) is 0 Å². The Kier molecular flexibility index (Phi) is 4.55. The van der Waals surface area contributed by atoms with Crippen LogP contribution in [0.3, 0.4) is 0 Å². The van der Waals surface area contributed by atoms with Crippen molar-refractivity contribution >= 4 is 23.5 Å². The highest BCUT2D eigenvalue weighted by Gasteiger charge is 2.34. The number of carbonyl (C=O) groups is 3. The number of carbonyl (C=O) groups excluding carboxylic acids is 2. The number of aliphatic hydroxyl groups excluding tert-OH is 1. The molecule has 0 aromatic heterocycles. The Morgan fingerprint density at radius 1 is 1.08 bits per heavy atom. The van der Waals surface area contributed by atoms with Crippen molar-refractivity contribution in [3.05, 3.63) is 40.6 Å². The van der Waals surface area contributed by atoms with Crippen molar-refractivity contribution in [2.45, 2.75) is 0 Å². The number of hydrogen-bond acceptors (Lipinski definition) is 5. The van der Waals surface area contributed by atoms with Crippen molar-refractivity contribution in [1.29, 1.82) is 0 Å². The first-order chi connectivity index (χ1) is 11.2. The molecule has 128 valence electrons. The molecule has 0 aliphatic carbocycles. The molecule has 1 aliphatic heterocycles. The van der Waals surface area contributed by atoms with Crippen LogP contribution in [0.25, 0.3) is 0 Å². The number of halogens is 4. The Labute approximate surface area is 130 Å². The SMILES string of the molecule is O=C(O)c1c(F)c(F)c(NC2=CC(=O)N(CCO)C2=O)c(F)c1F. The van der Waals surface area contributed by atoms with Crippen molar-refractivity contribution in [2.75, 3.05) is 18.5 Å². The smallest absolute Gasteiger partial charge is 0.341 e. The third kappa shape index (κ3) is 2.69. The van der Waals surface area contributed by atoms with E-state index in [9.17, 15) is 31.9 Å². The van der Waals surface area contributed by atoms with Gasteiger partial charge in [0.15, 0.2) is 23.3 Å². The van der Waals surface area contributed by atoms with Crippen LogP contribution in [0, 0.1) is 23.3 Å². The molecule has 0 saturated heterocycles. The summed E-state index contributed by atoms with van der Waals surface area (Å²) in [6, 6.07) is 0. The molecule has 0 radical (unpaired) electrons. The first-order valence-corrected chi connectivity index (χ1v) is 6.25. The quantitative estimate of drug-likeness (QED) is 0.409. The highest BCUT2D eigenvalue weighted by atomic mass is 19.2. The van der Waals surface area contributed by atoms with Gasteiger partial charge in [0.2, 0.25) is 0 Å². The summed E-state index contributed by atoms with van der Waals surface area (Å²) in [5.74, 6) is -12.7. The number of amides is 2. The van der Waals surface area contributed by atoms with Crippen LogP contribution < -0.4 is 5.32 Å². The van der Waals surface area contributed by atoms with E-state index < -0.39 is 71.2 Å². The van der Waals surface area contributed by atoms with Gasteiger partial charge in [-0.1, -0.05) is 0 Å². The van der Waals surface area contributed by atoms with Crippen LogP contribution in [0.4, 0.5) is 23.2 Å². The van der Waals surface area contributed by atoms with E-state index in [4.69, 9.17) is 10.2 Å². The predicted octanol–water partition coefficient (Wildman–Crippen LogP) is 0.598. The maximum atomic E-state index is 13.8. The van der Waals surface area contributed by atoms with Crippen molar-refractivity contribution in [2.24, 2.45) is 0 Å². The summed E-state index contributed by atoms with van der Waals surface area (Å²) in [7, 11) is 0. The lowest BCUT2D eigenvalue weighted by Crippen LogP contribution is -2.34. The monoisotopic (exact) mass is 348 g/mol. The summed E-state index contributed by atoms with van der Waals surface area (Å²) in [5, 5.41) is 19.0. The van der Waals surface area contributed by atoms with Crippen molar-refractivity contribution in [1.82, 2.24) is 4.90 Å². The van der Waals surface area contributed by atoms with Crippen LogP contribution >= 0.6 is 0 Å². The predicted molar refractivity (Wildman–Crippen MR) is 68.7 cm³/mol. The van der Waals surface area contributed by atoms with Gasteiger partial charge in [0, 0.05) is 6.08 Å². The van der Waals surface area contributed by atoms with E-state index in [0.717, 1.165) is 0 Å². The lowest BCUT2D eigenvalue weighted by Gasteiger charge is -2.15. The van der Waals surface area contributed by atoms with E-state index in [2.05, 4.69) is 0 Å². The fourth-order valence-corrected chi connectivity index (χ4v) is 1.97. The molecule has 0 fully saturated rings. The molecule has 11 heteroatoms. The number of rotatable bonds is 5. The van der Waals surface area contributed by atoms with Crippen LogP contribution in [-0.4, -0.2) is 46.0 Å². The lowest BCUT2D eigenvalue weighted by atomic mass is 10.1. The van der Waals surface area contributed by atoms with Crippen molar-refractivity contribution < 1.29 is 42.2 Å². The summed E-state index contributed by atoms with van der Waals surface area (Å²) in [4.78, 5) is 34.5. The minimum Gasteiger partial charge on any atom is -0.477 e. The second-order valence-corrected chi connectivity index (χ2v) is 4.51. The Bertz CT molecular complexity index is 764. The molecule has 1 heterocycles. The Balaban J connectivity index is 2.46. The number of imide groups is 1. The number of anilines is 1. The van der Waals surface area contributed by atoms with E-state index in [-0.39, 0.29) is 0 Å². The molecule has 1 aromatic rings. The minimum atomic E-state index is -2.23. The van der Waals surface area contributed by atoms with Crippen LogP contribution in [0.5, 0.6) is 0 Å². The number of nitrogens with zero attached hydrogens (tertiary/aromatic N) is 1. The van der Waals surface area contributed by atoms with Gasteiger partial charge >= 0.3 is 5.97 Å². The van der Waals surface area contributed by atoms with Gasteiger partial charge in [-0.2, -0.15) is 0 Å². The molecule has 0 bridgehead atoms. The molecule has 7 nitrogen and oxygen atoms in total. The molecule has 0 atom stereocenters. The molecule has 2 amide bonds. The van der Waals surface area contributed by atoms with E-state index in [1.54, 1.807) is 5.32 Å². The van der Waals surface area contributed by atoms with Gasteiger partial charge in [-0.15, -0.1) is 0 Å². The highest BCUT2D eigenvalue weighted by Crippen LogP contribution is 2.30. The summed E-state index contributed by atoms with van der Waals surface area (Å²) in [6.07, 6.45) is 0.609. The average molecular weight is 348 g/mol. The van der Waals surface area contributed by atoms with Crippen molar-refractivity contribution in [3.8, 4) is 0 Å². The first-order valence-electron chi connectivity index (χ1n) is 6.25. The maximum absolute atomic E-state index is 13.8. The summed E-state index contributed by atoms with van der Waals surface area (Å²) in [5.41, 5.74) is -4.00. The van der Waals surface area contributed by atoms with Gasteiger partial charge in [0.05, 0.1) is 13.2 Å². The number of benzene rings is 1. The van der Waals surface area contributed by atoms with E-state index in [1.165, 1.54) is 0 Å². The number of nitrogens with one attached hydrogen (secondary N) is 1. The third-order valence-corrected chi connectivity index (χ3v) is 3.07. The molecule has 1 aliphatic rings. The van der Waals surface area contributed by atoms with Crippen molar-refractivity contribution in [3.63, 3.8) is 0 Å². The molecule has 0 spiro atoms. The molecular formula is C13H8F4N2O5. The van der Waals surface area contributed by atoms with Crippen LogP contribution in [0.15, 0.2) is 11.8 Å². The topological polar surface area (TPSA) is 107 Å². The van der Waals surface area contributed by atoms with Gasteiger partial charge in [0.25, 0.3) is 11.8 Å². The fraction of sp³-hybridized carbons (Fsp3) is 0.154. The standard InChI is InChI=1S/C13H8F4N2O5/c14-7-6(13(23)24)8(15)10(17)11(9(7)16)18-4-3-5(21)19(1-2-20)12(4)22/h3,18,20H,1-2H2,(H,23,24). The van der Waals surface area contributed by atoms with Gasteiger partial charge in [-0.25, -0.2) is 22.4 Å². The van der Waals surface area contributed by atoms with Crippen LogP contribution in [-0.2, 0) is 9.59 Å². The maximum Gasteiger partial charge on any atom is 0.341 e. The second-order valence-electron chi connectivity index (χ2n) is 4.51. The lowest BCUT2D eigenvalue weighted by molar-refractivity contribution is -0.137. The van der Waals surface area contributed by atoms with Gasteiger partial charge in [0.1, 0.15) is 16.9 Å². The number of aromatic carboxylic acids is 1. The zero-order valence-electron chi connectivity index (χ0n) is 11.6. The fourth-order valence-electron chi connectivity index (χ4n) is 1.97. The molecule has 3 N–H and O–H groups in total. The molecule has 2 rings (SSSR count). The van der Waals surface area contributed by atoms with Crippen LogP contribution in [0.2, 0.25) is 0 Å². The van der Waals surface area contributed by atoms with Gasteiger partial charge in [-0.05, 0) is 0 Å². The Hall–Kier alpha value is -2.95. The number of carboxylic acids is 1. The average Bonchev–Trinajstić information content (AvgIpc) is 2.77. The zero-order valence-corrected chi connectivity index (χ0v) is 11.6. The number of carboxylic acid groups (broad SMARTS) is 1. The Morgan fingerprint density at radius 3 is 2.08 bits per heavy atom. The second kappa shape index (κ2) is 6.28. The van der Waals surface area contributed by atoms with E-state index >= 15 is 0 Å². The Morgan fingerprint density at radius 2 is 1.62 bits per heavy atom. The van der Waals surface area contributed by atoms with E-state index in [0.29, 0.717) is 11.0 Å². The number of hydrogen-bond donors (Lipinski definition) is 3. The van der Waals surface area contributed by atoms with Crippen LogP contribution in [0.1, 0.15) is 10.4 Å². The summed E-state index contributed by atoms with van der Waals surface area (Å²) >= 11 is 0.